The van der Waals surface area contributed by atoms with Crippen LogP contribution in [-0.2, 0) is 0 Å². The Morgan fingerprint density at radius 2 is 1.77 bits per heavy atom. The molecule has 2 aliphatic rings. The average molecular weight is 333 g/mol. The van der Waals surface area contributed by atoms with E-state index in [1.807, 2.05) is 41.3 Å². The van der Waals surface area contributed by atoms with Gasteiger partial charge in [-0.25, -0.2) is 0 Å². The van der Waals surface area contributed by atoms with Crippen LogP contribution in [0.15, 0.2) is 36.4 Å². The molecule has 1 aromatic heterocycles. The van der Waals surface area contributed by atoms with Gasteiger partial charge >= 0.3 is 0 Å². The second kappa shape index (κ2) is 5.69. The molecule has 22 heavy (non-hydrogen) atoms. The van der Waals surface area contributed by atoms with Gasteiger partial charge in [-0.1, -0.05) is 23.7 Å². The minimum atomic E-state index is 0.180. The highest BCUT2D eigenvalue weighted by atomic mass is 35.5. The zero-order valence-electron chi connectivity index (χ0n) is 12.1. The zero-order valence-corrected chi connectivity index (χ0v) is 13.7. The first-order valence-electron chi connectivity index (χ1n) is 7.56. The van der Waals surface area contributed by atoms with Crippen LogP contribution in [0, 0.1) is 11.8 Å². The van der Waals surface area contributed by atoms with Crippen molar-refractivity contribution >= 4 is 28.8 Å². The molecule has 0 saturated carbocycles. The van der Waals surface area contributed by atoms with E-state index in [1.165, 1.54) is 0 Å². The Hall–Kier alpha value is -1.36. The number of hydrogen-bond acceptors (Lipinski definition) is 3. The lowest BCUT2D eigenvalue weighted by Crippen LogP contribution is -2.31. The molecule has 5 heteroatoms. The third-order valence-electron chi connectivity index (χ3n) is 4.62. The predicted octanol–water partition coefficient (Wildman–Crippen LogP) is 3.36. The van der Waals surface area contributed by atoms with Crippen LogP contribution in [0.4, 0.5) is 0 Å². The maximum absolute atomic E-state index is 12.7. The summed E-state index contributed by atoms with van der Waals surface area (Å²) in [4.78, 5) is 16.6. The Labute approximate surface area is 138 Å². The standard InChI is InChI=1S/C17H17ClN2OS/c18-14-3-1-11(2-4-14)15-5-6-16(22-15)17(21)20-9-12-7-19-8-13(12)10-20/h1-6,12-13,19H,7-10H2/t12-,13+. The first kappa shape index (κ1) is 14.2. The van der Waals surface area contributed by atoms with Gasteiger partial charge in [0, 0.05) is 36.1 Å². The van der Waals surface area contributed by atoms with E-state index in [4.69, 9.17) is 11.6 Å². The molecule has 1 aromatic carbocycles. The summed E-state index contributed by atoms with van der Waals surface area (Å²) in [5, 5.41) is 4.14. The number of fused-ring (bicyclic) bond motifs is 1. The summed E-state index contributed by atoms with van der Waals surface area (Å²) in [5.41, 5.74) is 1.11. The Bertz CT molecular complexity index is 685. The third-order valence-corrected chi connectivity index (χ3v) is 6.00. The molecule has 3 nitrogen and oxygen atoms in total. The molecular formula is C17H17ClN2OS. The van der Waals surface area contributed by atoms with Crippen molar-refractivity contribution in [3.8, 4) is 10.4 Å². The molecule has 0 unspecified atom stereocenters. The predicted molar refractivity (Wildman–Crippen MR) is 90.5 cm³/mol. The maximum Gasteiger partial charge on any atom is 0.263 e. The fourth-order valence-electron chi connectivity index (χ4n) is 3.40. The number of thiophene rings is 1. The second-order valence-electron chi connectivity index (χ2n) is 6.06. The van der Waals surface area contributed by atoms with Crippen LogP contribution in [-0.4, -0.2) is 37.0 Å². The van der Waals surface area contributed by atoms with Crippen molar-refractivity contribution in [2.45, 2.75) is 0 Å². The van der Waals surface area contributed by atoms with E-state index < -0.39 is 0 Å². The van der Waals surface area contributed by atoms with Crippen LogP contribution in [0.5, 0.6) is 0 Å². The fraction of sp³-hybridized carbons (Fsp3) is 0.353. The zero-order chi connectivity index (χ0) is 15.1. The molecule has 0 spiro atoms. The largest absolute Gasteiger partial charge is 0.337 e. The number of carbonyl (C=O) groups excluding carboxylic acids is 1. The molecule has 4 rings (SSSR count). The molecule has 114 valence electrons. The van der Waals surface area contributed by atoms with E-state index in [0.29, 0.717) is 11.8 Å². The minimum absolute atomic E-state index is 0.180. The SMILES string of the molecule is O=C(c1ccc(-c2ccc(Cl)cc2)s1)N1C[C@H]2CNC[C@H]2C1. The minimum Gasteiger partial charge on any atom is -0.337 e. The van der Waals surface area contributed by atoms with Crippen molar-refractivity contribution in [2.75, 3.05) is 26.2 Å². The highest BCUT2D eigenvalue weighted by Crippen LogP contribution is 2.32. The second-order valence-corrected chi connectivity index (χ2v) is 7.58. The monoisotopic (exact) mass is 332 g/mol. The summed E-state index contributed by atoms with van der Waals surface area (Å²) in [5.74, 6) is 1.46. The third kappa shape index (κ3) is 2.56. The van der Waals surface area contributed by atoms with Gasteiger partial charge in [0.15, 0.2) is 0 Å². The highest BCUT2D eigenvalue weighted by molar-refractivity contribution is 7.17. The van der Waals surface area contributed by atoms with Crippen LogP contribution >= 0.6 is 22.9 Å². The molecule has 0 radical (unpaired) electrons. The summed E-state index contributed by atoms with van der Waals surface area (Å²) in [6.45, 7) is 3.89. The molecule has 2 aromatic rings. The Morgan fingerprint density at radius 3 is 2.45 bits per heavy atom. The summed E-state index contributed by atoms with van der Waals surface area (Å²) >= 11 is 7.49. The molecule has 2 saturated heterocycles. The lowest BCUT2D eigenvalue weighted by atomic mass is 10.0. The number of halogens is 1. The van der Waals surface area contributed by atoms with Gasteiger partial charge in [-0.15, -0.1) is 11.3 Å². The lowest BCUT2D eigenvalue weighted by Gasteiger charge is -2.16. The van der Waals surface area contributed by atoms with Crippen molar-refractivity contribution in [3.05, 3.63) is 46.3 Å². The van der Waals surface area contributed by atoms with Crippen molar-refractivity contribution in [3.63, 3.8) is 0 Å². The van der Waals surface area contributed by atoms with E-state index >= 15 is 0 Å². The van der Waals surface area contributed by atoms with Crippen LogP contribution in [0.2, 0.25) is 5.02 Å². The lowest BCUT2D eigenvalue weighted by molar-refractivity contribution is 0.0786. The fourth-order valence-corrected chi connectivity index (χ4v) is 4.50. The van der Waals surface area contributed by atoms with Crippen molar-refractivity contribution in [1.82, 2.24) is 10.2 Å². The maximum atomic E-state index is 12.7. The molecular weight excluding hydrogens is 316 g/mol. The Balaban J connectivity index is 1.51. The van der Waals surface area contributed by atoms with E-state index in [-0.39, 0.29) is 5.91 Å². The molecule has 0 bridgehead atoms. The van der Waals surface area contributed by atoms with Gasteiger partial charge in [-0.05, 0) is 41.7 Å². The number of benzene rings is 1. The number of hydrogen-bond donors (Lipinski definition) is 1. The number of nitrogens with zero attached hydrogens (tertiary/aromatic N) is 1. The number of rotatable bonds is 2. The van der Waals surface area contributed by atoms with Gasteiger partial charge in [0.2, 0.25) is 0 Å². The highest BCUT2D eigenvalue weighted by Gasteiger charge is 2.38. The molecule has 2 fully saturated rings. The smallest absolute Gasteiger partial charge is 0.263 e. The van der Waals surface area contributed by atoms with Gasteiger partial charge in [0.05, 0.1) is 4.88 Å². The van der Waals surface area contributed by atoms with Gasteiger partial charge < -0.3 is 10.2 Å². The van der Waals surface area contributed by atoms with Gasteiger partial charge in [-0.2, -0.15) is 0 Å². The van der Waals surface area contributed by atoms with Gasteiger partial charge in [0.25, 0.3) is 5.91 Å². The van der Waals surface area contributed by atoms with Crippen molar-refractivity contribution < 1.29 is 4.79 Å². The summed E-state index contributed by atoms with van der Waals surface area (Å²) in [6.07, 6.45) is 0. The van der Waals surface area contributed by atoms with Gasteiger partial charge in [-0.3, -0.25) is 4.79 Å². The van der Waals surface area contributed by atoms with E-state index in [1.54, 1.807) is 11.3 Å². The van der Waals surface area contributed by atoms with E-state index in [9.17, 15) is 4.79 Å². The number of likely N-dealkylation sites (tertiary alicyclic amines) is 1. The molecule has 2 atom stereocenters. The first-order valence-corrected chi connectivity index (χ1v) is 8.76. The van der Waals surface area contributed by atoms with Crippen LogP contribution < -0.4 is 5.32 Å². The summed E-state index contributed by atoms with van der Waals surface area (Å²) in [6, 6.07) is 11.7. The topological polar surface area (TPSA) is 32.3 Å². The average Bonchev–Trinajstić information content (AvgIpc) is 3.22. The number of nitrogens with one attached hydrogen (secondary N) is 1. The van der Waals surface area contributed by atoms with Crippen molar-refractivity contribution in [2.24, 2.45) is 11.8 Å². The molecule has 1 amide bonds. The first-order chi connectivity index (χ1) is 10.7. The van der Waals surface area contributed by atoms with Crippen LogP contribution in [0.1, 0.15) is 9.67 Å². The molecule has 2 aliphatic heterocycles. The quantitative estimate of drug-likeness (QED) is 0.914. The molecule has 1 N–H and O–H groups in total. The van der Waals surface area contributed by atoms with E-state index in [2.05, 4.69) is 5.32 Å². The van der Waals surface area contributed by atoms with Gasteiger partial charge in [0.1, 0.15) is 0 Å². The Kier molecular flexibility index (Phi) is 3.68. The van der Waals surface area contributed by atoms with E-state index in [0.717, 1.165) is 46.5 Å². The van der Waals surface area contributed by atoms with Crippen LogP contribution in [0.3, 0.4) is 0 Å². The van der Waals surface area contributed by atoms with Crippen LogP contribution in [0.25, 0.3) is 10.4 Å². The normalized spacial score (nSPS) is 23.8. The Morgan fingerprint density at radius 1 is 1.09 bits per heavy atom. The number of amides is 1. The molecule has 3 heterocycles. The summed E-state index contributed by atoms with van der Waals surface area (Å²) < 4.78 is 0. The van der Waals surface area contributed by atoms with Crippen molar-refractivity contribution in [1.29, 1.82) is 0 Å². The molecule has 0 aliphatic carbocycles. The summed E-state index contributed by atoms with van der Waals surface area (Å²) in [7, 11) is 0. The number of carbonyl (C=O) groups is 1.